The molecule has 0 saturated carbocycles. The Bertz CT molecular complexity index is 276. The number of nitrogens with one attached hydrogen (secondary N) is 1. The molecule has 1 aromatic carbocycles. The zero-order valence-electron chi connectivity index (χ0n) is 7.72. The molecule has 0 aliphatic carbocycles. The van der Waals surface area contributed by atoms with Gasteiger partial charge in [0.2, 0.25) is 0 Å². The summed E-state index contributed by atoms with van der Waals surface area (Å²) in [6.45, 7) is 8.81. The van der Waals surface area contributed by atoms with Gasteiger partial charge in [-0.2, -0.15) is 0 Å². The lowest BCUT2D eigenvalue weighted by atomic mass is 10.2. The summed E-state index contributed by atoms with van der Waals surface area (Å²) >= 11 is 0. The van der Waals surface area contributed by atoms with Gasteiger partial charge in [0.15, 0.2) is 0 Å². The van der Waals surface area contributed by atoms with Crippen LogP contribution in [0.4, 0.5) is 5.69 Å². The van der Waals surface area contributed by atoms with E-state index in [4.69, 9.17) is 0 Å². The number of aryl methyl sites for hydroxylation is 1. The molecule has 0 aliphatic heterocycles. The Balaban J connectivity index is 2.63. The van der Waals surface area contributed by atoms with Gasteiger partial charge in [0, 0.05) is 12.2 Å². The summed E-state index contributed by atoms with van der Waals surface area (Å²) in [6.07, 6.45) is 0. The monoisotopic (exact) mass is 161 g/mol. The standard InChI is InChI=1S/C11H15N/c1-9(2)8-12-11-7-5-4-6-10(11)3/h4-7,12H,1,8H2,2-3H3. The summed E-state index contributed by atoms with van der Waals surface area (Å²) in [4.78, 5) is 0. The molecular weight excluding hydrogens is 146 g/mol. The number of hydrogen-bond donors (Lipinski definition) is 1. The van der Waals surface area contributed by atoms with E-state index in [1.165, 1.54) is 11.3 Å². The Hall–Kier alpha value is -1.24. The van der Waals surface area contributed by atoms with Crippen LogP contribution in [0.15, 0.2) is 36.4 Å². The lowest BCUT2D eigenvalue weighted by molar-refractivity contribution is 1.20. The smallest absolute Gasteiger partial charge is 0.0372 e. The van der Waals surface area contributed by atoms with Crippen LogP contribution in [0.25, 0.3) is 0 Å². The second-order valence-corrected chi connectivity index (χ2v) is 3.13. The third kappa shape index (κ3) is 2.42. The molecule has 0 saturated heterocycles. The van der Waals surface area contributed by atoms with Crippen molar-refractivity contribution in [2.75, 3.05) is 11.9 Å². The third-order valence-corrected chi connectivity index (χ3v) is 1.73. The van der Waals surface area contributed by atoms with Crippen LogP contribution < -0.4 is 5.32 Å². The molecule has 0 aromatic heterocycles. The van der Waals surface area contributed by atoms with Gasteiger partial charge in [0.05, 0.1) is 0 Å². The maximum atomic E-state index is 3.84. The normalized spacial score (nSPS) is 9.50. The van der Waals surface area contributed by atoms with Gasteiger partial charge in [-0.1, -0.05) is 30.4 Å². The molecule has 0 spiro atoms. The van der Waals surface area contributed by atoms with Crippen LogP contribution in [0.1, 0.15) is 12.5 Å². The molecule has 12 heavy (non-hydrogen) atoms. The summed E-state index contributed by atoms with van der Waals surface area (Å²) in [6, 6.07) is 8.26. The minimum atomic E-state index is 0.852. The average molecular weight is 161 g/mol. The van der Waals surface area contributed by atoms with Crippen molar-refractivity contribution >= 4 is 5.69 Å². The molecule has 0 amide bonds. The molecule has 0 aliphatic rings. The van der Waals surface area contributed by atoms with Gasteiger partial charge in [0.25, 0.3) is 0 Å². The number of benzene rings is 1. The van der Waals surface area contributed by atoms with Gasteiger partial charge >= 0.3 is 0 Å². The van der Waals surface area contributed by atoms with Crippen LogP contribution in [-0.2, 0) is 0 Å². The SMILES string of the molecule is C=C(C)CNc1ccccc1C. The van der Waals surface area contributed by atoms with Gasteiger partial charge in [-0.05, 0) is 25.5 Å². The van der Waals surface area contributed by atoms with Crippen molar-refractivity contribution < 1.29 is 0 Å². The predicted octanol–water partition coefficient (Wildman–Crippen LogP) is 2.98. The van der Waals surface area contributed by atoms with E-state index in [-0.39, 0.29) is 0 Å². The van der Waals surface area contributed by atoms with E-state index in [1.54, 1.807) is 0 Å². The van der Waals surface area contributed by atoms with Gasteiger partial charge in [-0.3, -0.25) is 0 Å². The van der Waals surface area contributed by atoms with Crippen molar-refractivity contribution in [2.45, 2.75) is 13.8 Å². The predicted molar refractivity (Wildman–Crippen MR) is 54.5 cm³/mol. The Labute approximate surface area is 74.1 Å². The van der Waals surface area contributed by atoms with Crippen molar-refractivity contribution in [2.24, 2.45) is 0 Å². The van der Waals surface area contributed by atoms with Crippen LogP contribution in [0.5, 0.6) is 0 Å². The van der Waals surface area contributed by atoms with E-state index in [1.807, 2.05) is 19.1 Å². The largest absolute Gasteiger partial charge is 0.381 e. The van der Waals surface area contributed by atoms with Gasteiger partial charge in [-0.25, -0.2) is 0 Å². The number of rotatable bonds is 3. The second-order valence-electron chi connectivity index (χ2n) is 3.13. The first-order valence-corrected chi connectivity index (χ1v) is 4.14. The summed E-state index contributed by atoms with van der Waals surface area (Å²) in [7, 11) is 0. The quantitative estimate of drug-likeness (QED) is 0.672. The van der Waals surface area contributed by atoms with Gasteiger partial charge in [-0.15, -0.1) is 0 Å². The average Bonchev–Trinajstić information content (AvgIpc) is 2.03. The first-order valence-electron chi connectivity index (χ1n) is 4.14. The molecule has 1 heteroatoms. The van der Waals surface area contributed by atoms with E-state index in [2.05, 4.69) is 31.0 Å². The van der Waals surface area contributed by atoms with Gasteiger partial charge in [0.1, 0.15) is 0 Å². The van der Waals surface area contributed by atoms with Gasteiger partial charge < -0.3 is 5.32 Å². The zero-order valence-corrected chi connectivity index (χ0v) is 7.72. The fraction of sp³-hybridized carbons (Fsp3) is 0.273. The van der Waals surface area contributed by atoms with Crippen LogP contribution >= 0.6 is 0 Å². The lowest BCUT2D eigenvalue weighted by Crippen LogP contribution is -2.02. The number of hydrogen-bond acceptors (Lipinski definition) is 1. The highest BCUT2D eigenvalue weighted by Crippen LogP contribution is 2.12. The molecule has 0 heterocycles. The fourth-order valence-electron chi connectivity index (χ4n) is 1.02. The molecule has 0 radical (unpaired) electrons. The molecule has 0 bridgehead atoms. The molecular formula is C11H15N. The Morgan fingerprint density at radius 2 is 2.08 bits per heavy atom. The maximum Gasteiger partial charge on any atom is 0.0372 e. The van der Waals surface area contributed by atoms with Crippen LogP contribution in [-0.4, -0.2) is 6.54 Å². The topological polar surface area (TPSA) is 12.0 Å². The summed E-state index contributed by atoms with van der Waals surface area (Å²) < 4.78 is 0. The number of para-hydroxylation sites is 1. The van der Waals surface area contributed by atoms with E-state index >= 15 is 0 Å². The first-order chi connectivity index (χ1) is 5.70. The Morgan fingerprint density at radius 1 is 1.42 bits per heavy atom. The Kier molecular flexibility index (Phi) is 2.92. The molecule has 0 atom stereocenters. The fourth-order valence-corrected chi connectivity index (χ4v) is 1.02. The number of anilines is 1. The first kappa shape index (κ1) is 8.85. The summed E-state index contributed by atoms with van der Waals surface area (Å²) in [5, 5.41) is 3.31. The molecule has 1 N–H and O–H groups in total. The van der Waals surface area contributed by atoms with Crippen molar-refractivity contribution in [3.8, 4) is 0 Å². The van der Waals surface area contributed by atoms with Crippen molar-refractivity contribution in [3.63, 3.8) is 0 Å². The third-order valence-electron chi connectivity index (χ3n) is 1.73. The van der Waals surface area contributed by atoms with E-state index in [9.17, 15) is 0 Å². The highest BCUT2D eigenvalue weighted by atomic mass is 14.9. The molecule has 0 fully saturated rings. The minimum Gasteiger partial charge on any atom is -0.381 e. The molecule has 1 nitrogen and oxygen atoms in total. The van der Waals surface area contributed by atoms with Crippen LogP contribution in [0.2, 0.25) is 0 Å². The van der Waals surface area contributed by atoms with E-state index < -0.39 is 0 Å². The van der Waals surface area contributed by atoms with E-state index in [0.29, 0.717) is 0 Å². The summed E-state index contributed by atoms with van der Waals surface area (Å²) in [5.74, 6) is 0. The maximum absolute atomic E-state index is 3.84. The minimum absolute atomic E-state index is 0.852. The van der Waals surface area contributed by atoms with Crippen LogP contribution in [0, 0.1) is 6.92 Å². The van der Waals surface area contributed by atoms with Crippen molar-refractivity contribution in [1.82, 2.24) is 0 Å². The summed E-state index contributed by atoms with van der Waals surface area (Å²) in [5.41, 5.74) is 3.62. The van der Waals surface area contributed by atoms with Crippen molar-refractivity contribution in [1.29, 1.82) is 0 Å². The Morgan fingerprint density at radius 3 is 2.67 bits per heavy atom. The molecule has 1 aromatic rings. The second kappa shape index (κ2) is 3.96. The van der Waals surface area contributed by atoms with E-state index in [0.717, 1.165) is 12.1 Å². The van der Waals surface area contributed by atoms with Crippen LogP contribution in [0.3, 0.4) is 0 Å². The molecule has 0 unspecified atom stereocenters. The molecule has 1 rings (SSSR count). The molecule has 64 valence electrons. The highest BCUT2D eigenvalue weighted by Gasteiger charge is 1.93. The highest BCUT2D eigenvalue weighted by molar-refractivity contribution is 5.50. The lowest BCUT2D eigenvalue weighted by Gasteiger charge is -2.08. The van der Waals surface area contributed by atoms with Crippen molar-refractivity contribution in [3.05, 3.63) is 42.0 Å². The zero-order chi connectivity index (χ0) is 8.97.